The first-order valence-electron chi connectivity index (χ1n) is 8.36. The van der Waals surface area contributed by atoms with E-state index in [2.05, 4.69) is 25.2 Å². The van der Waals surface area contributed by atoms with Crippen LogP contribution in [0.3, 0.4) is 0 Å². The summed E-state index contributed by atoms with van der Waals surface area (Å²) < 4.78 is 1.63. The molecule has 0 radical (unpaired) electrons. The van der Waals surface area contributed by atoms with Gasteiger partial charge in [-0.15, -0.1) is 0 Å². The highest BCUT2D eigenvalue weighted by Crippen LogP contribution is 2.12. The molecule has 0 spiro atoms. The zero-order valence-corrected chi connectivity index (χ0v) is 14.0. The standard InChI is InChI=1S/C17H24N6O/c1-15(20-17(24)14-23-8-4-7-19-23)13-21-9-11-22(12-10-21)16-5-2-3-6-18-16/h2-8,15H,9-14H2,1H3,(H,20,24). The molecule has 3 rings (SSSR count). The van der Waals surface area contributed by atoms with Crippen molar-refractivity contribution in [1.29, 1.82) is 0 Å². The second kappa shape index (κ2) is 7.92. The van der Waals surface area contributed by atoms with Crippen molar-refractivity contribution in [2.75, 3.05) is 37.6 Å². The summed E-state index contributed by atoms with van der Waals surface area (Å²) in [7, 11) is 0. The highest BCUT2D eigenvalue weighted by atomic mass is 16.2. The van der Waals surface area contributed by atoms with E-state index in [0.717, 1.165) is 38.5 Å². The Labute approximate surface area is 142 Å². The molecule has 3 heterocycles. The first kappa shape index (κ1) is 16.4. The minimum absolute atomic E-state index is 0.00155. The minimum Gasteiger partial charge on any atom is -0.354 e. The van der Waals surface area contributed by atoms with Gasteiger partial charge in [0.25, 0.3) is 0 Å². The first-order valence-corrected chi connectivity index (χ1v) is 8.36. The lowest BCUT2D eigenvalue weighted by Crippen LogP contribution is -2.51. The SMILES string of the molecule is CC(CN1CCN(c2ccccn2)CC1)NC(=O)Cn1cccn1. The van der Waals surface area contributed by atoms with Gasteiger partial charge in [-0.2, -0.15) is 5.10 Å². The van der Waals surface area contributed by atoms with Crippen molar-refractivity contribution in [3.8, 4) is 0 Å². The molecule has 1 aliphatic heterocycles. The average molecular weight is 328 g/mol. The number of nitrogens with one attached hydrogen (secondary N) is 1. The number of hydrogen-bond donors (Lipinski definition) is 1. The van der Waals surface area contributed by atoms with Gasteiger partial charge in [0.2, 0.25) is 5.91 Å². The van der Waals surface area contributed by atoms with Crippen LogP contribution < -0.4 is 10.2 Å². The van der Waals surface area contributed by atoms with Crippen LogP contribution in [-0.4, -0.2) is 64.3 Å². The molecule has 24 heavy (non-hydrogen) atoms. The summed E-state index contributed by atoms with van der Waals surface area (Å²) in [5, 5.41) is 7.09. The molecule has 0 saturated carbocycles. The second-order valence-corrected chi connectivity index (χ2v) is 6.15. The van der Waals surface area contributed by atoms with Crippen LogP contribution in [0, 0.1) is 0 Å². The van der Waals surface area contributed by atoms with Gasteiger partial charge in [0.1, 0.15) is 12.4 Å². The van der Waals surface area contributed by atoms with Crippen LogP contribution in [0.25, 0.3) is 0 Å². The molecular weight excluding hydrogens is 304 g/mol. The first-order chi connectivity index (χ1) is 11.7. The fourth-order valence-corrected chi connectivity index (χ4v) is 2.99. The third kappa shape index (κ3) is 4.55. The number of hydrogen-bond acceptors (Lipinski definition) is 5. The highest BCUT2D eigenvalue weighted by molar-refractivity contribution is 5.75. The number of pyridine rings is 1. The smallest absolute Gasteiger partial charge is 0.241 e. The van der Waals surface area contributed by atoms with Crippen molar-refractivity contribution < 1.29 is 4.79 Å². The molecule has 1 N–H and O–H groups in total. The zero-order chi connectivity index (χ0) is 16.8. The molecule has 7 heteroatoms. The predicted octanol–water partition coefficient (Wildman–Crippen LogP) is 0.605. The number of carbonyl (C=O) groups is 1. The number of amides is 1. The average Bonchev–Trinajstić information content (AvgIpc) is 3.09. The van der Waals surface area contributed by atoms with E-state index in [1.165, 1.54) is 0 Å². The molecule has 1 unspecified atom stereocenters. The topological polar surface area (TPSA) is 66.3 Å². The molecule has 1 amide bonds. The lowest BCUT2D eigenvalue weighted by Gasteiger charge is -2.36. The van der Waals surface area contributed by atoms with Gasteiger partial charge in [0.15, 0.2) is 0 Å². The maximum absolute atomic E-state index is 12.0. The van der Waals surface area contributed by atoms with Crippen LogP contribution >= 0.6 is 0 Å². The second-order valence-electron chi connectivity index (χ2n) is 6.15. The van der Waals surface area contributed by atoms with Crippen LogP contribution in [0.2, 0.25) is 0 Å². The normalized spacial score (nSPS) is 16.8. The van der Waals surface area contributed by atoms with E-state index >= 15 is 0 Å². The molecule has 7 nitrogen and oxygen atoms in total. The van der Waals surface area contributed by atoms with Crippen LogP contribution in [0.15, 0.2) is 42.9 Å². The third-order valence-corrected chi connectivity index (χ3v) is 4.15. The Morgan fingerprint density at radius 1 is 1.21 bits per heavy atom. The summed E-state index contributed by atoms with van der Waals surface area (Å²) in [5.41, 5.74) is 0. The third-order valence-electron chi connectivity index (χ3n) is 4.15. The van der Waals surface area contributed by atoms with Gasteiger partial charge in [0, 0.05) is 57.4 Å². The lowest BCUT2D eigenvalue weighted by atomic mass is 10.2. The van der Waals surface area contributed by atoms with Gasteiger partial charge in [-0.3, -0.25) is 14.4 Å². The molecule has 2 aromatic rings. The van der Waals surface area contributed by atoms with Crippen LogP contribution in [0.5, 0.6) is 0 Å². The van der Waals surface area contributed by atoms with Gasteiger partial charge in [-0.1, -0.05) is 6.07 Å². The summed E-state index contributed by atoms with van der Waals surface area (Å²) in [4.78, 5) is 21.1. The van der Waals surface area contributed by atoms with Gasteiger partial charge in [-0.25, -0.2) is 4.98 Å². The maximum atomic E-state index is 12.0. The predicted molar refractivity (Wildman–Crippen MR) is 92.7 cm³/mol. The van der Waals surface area contributed by atoms with Crippen molar-refractivity contribution in [3.05, 3.63) is 42.9 Å². The maximum Gasteiger partial charge on any atom is 0.241 e. The molecule has 0 aliphatic carbocycles. The summed E-state index contributed by atoms with van der Waals surface area (Å²) in [6, 6.07) is 7.94. The summed E-state index contributed by atoms with van der Waals surface area (Å²) in [5.74, 6) is 1.04. The number of anilines is 1. The van der Waals surface area contributed by atoms with Crippen molar-refractivity contribution in [1.82, 2.24) is 25.0 Å². The van der Waals surface area contributed by atoms with Gasteiger partial charge < -0.3 is 10.2 Å². The van der Waals surface area contributed by atoms with E-state index in [-0.39, 0.29) is 18.5 Å². The molecule has 2 aromatic heterocycles. The minimum atomic E-state index is -0.00155. The molecule has 1 atom stereocenters. The molecule has 128 valence electrons. The number of carbonyl (C=O) groups excluding carboxylic acids is 1. The Balaban J connectivity index is 1.40. The monoisotopic (exact) mass is 328 g/mol. The molecule has 0 aromatic carbocycles. The van der Waals surface area contributed by atoms with E-state index in [1.807, 2.05) is 37.4 Å². The number of nitrogens with zero attached hydrogens (tertiary/aromatic N) is 5. The molecule has 1 fully saturated rings. The van der Waals surface area contributed by atoms with Gasteiger partial charge >= 0.3 is 0 Å². The largest absolute Gasteiger partial charge is 0.354 e. The van der Waals surface area contributed by atoms with Crippen molar-refractivity contribution in [3.63, 3.8) is 0 Å². The Kier molecular flexibility index (Phi) is 5.43. The van der Waals surface area contributed by atoms with Crippen LogP contribution in [-0.2, 0) is 11.3 Å². The van der Waals surface area contributed by atoms with E-state index in [1.54, 1.807) is 17.1 Å². The van der Waals surface area contributed by atoms with E-state index in [4.69, 9.17) is 0 Å². The Morgan fingerprint density at radius 3 is 2.71 bits per heavy atom. The molecular formula is C17H24N6O. The Hall–Kier alpha value is -2.41. The number of piperazine rings is 1. The summed E-state index contributed by atoms with van der Waals surface area (Å²) in [6.45, 7) is 7.07. The van der Waals surface area contributed by atoms with Crippen LogP contribution in [0.1, 0.15) is 6.92 Å². The van der Waals surface area contributed by atoms with E-state index in [9.17, 15) is 4.79 Å². The number of rotatable bonds is 6. The molecule has 1 saturated heterocycles. The lowest BCUT2D eigenvalue weighted by molar-refractivity contribution is -0.122. The van der Waals surface area contributed by atoms with Crippen LogP contribution in [0.4, 0.5) is 5.82 Å². The van der Waals surface area contributed by atoms with Gasteiger partial charge in [-0.05, 0) is 25.1 Å². The fraction of sp³-hybridized carbons (Fsp3) is 0.471. The number of aromatic nitrogens is 3. The van der Waals surface area contributed by atoms with E-state index < -0.39 is 0 Å². The van der Waals surface area contributed by atoms with Gasteiger partial charge in [0.05, 0.1) is 0 Å². The Morgan fingerprint density at radius 2 is 2.04 bits per heavy atom. The molecule has 1 aliphatic rings. The molecule has 0 bridgehead atoms. The summed E-state index contributed by atoms with van der Waals surface area (Å²) >= 11 is 0. The summed E-state index contributed by atoms with van der Waals surface area (Å²) in [6.07, 6.45) is 5.30. The van der Waals surface area contributed by atoms with Crippen molar-refractivity contribution in [2.24, 2.45) is 0 Å². The van der Waals surface area contributed by atoms with Crippen molar-refractivity contribution in [2.45, 2.75) is 19.5 Å². The van der Waals surface area contributed by atoms with Crippen molar-refractivity contribution >= 4 is 11.7 Å². The quantitative estimate of drug-likeness (QED) is 0.841. The van der Waals surface area contributed by atoms with E-state index in [0.29, 0.717) is 0 Å². The Bertz CT molecular complexity index is 622. The zero-order valence-electron chi connectivity index (χ0n) is 14.0. The fourth-order valence-electron chi connectivity index (χ4n) is 2.99. The highest BCUT2D eigenvalue weighted by Gasteiger charge is 2.20.